The zero-order chi connectivity index (χ0) is 16.7. The number of H-pyrrole nitrogens is 1. The van der Waals surface area contributed by atoms with E-state index in [4.69, 9.17) is 0 Å². The van der Waals surface area contributed by atoms with Crippen LogP contribution in [0, 0.1) is 12.8 Å². The molecular weight excluding hydrogens is 323 g/mol. The van der Waals surface area contributed by atoms with Gasteiger partial charge in [0, 0.05) is 18.8 Å². The van der Waals surface area contributed by atoms with Crippen LogP contribution in [0.25, 0.3) is 0 Å². The van der Waals surface area contributed by atoms with E-state index in [-0.39, 0.29) is 36.2 Å². The van der Waals surface area contributed by atoms with Gasteiger partial charge in [-0.3, -0.25) is 9.89 Å². The molecule has 2 heterocycles. The highest BCUT2D eigenvalue weighted by Gasteiger charge is 2.41. The summed E-state index contributed by atoms with van der Waals surface area (Å²) in [7, 11) is -3.29. The van der Waals surface area contributed by atoms with Crippen LogP contribution < -0.4 is 0 Å². The van der Waals surface area contributed by atoms with E-state index in [9.17, 15) is 26.4 Å². The van der Waals surface area contributed by atoms with E-state index in [0.717, 1.165) is 4.90 Å². The van der Waals surface area contributed by atoms with Crippen LogP contribution in [0.1, 0.15) is 28.7 Å². The fraction of sp³-hybridized carbons (Fsp3) is 0.667. The van der Waals surface area contributed by atoms with Crippen LogP contribution in [-0.2, 0) is 16.0 Å². The number of nitrogens with zero attached hydrogens (tertiary/aromatic N) is 2. The summed E-state index contributed by atoms with van der Waals surface area (Å²) < 4.78 is 62.1. The number of amides is 1. The van der Waals surface area contributed by atoms with Gasteiger partial charge in [0.15, 0.2) is 15.5 Å². The lowest BCUT2D eigenvalue weighted by Crippen LogP contribution is -2.36. The molecule has 1 fully saturated rings. The van der Waals surface area contributed by atoms with Gasteiger partial charge in [-0.05, 0) is 12.8 Å². The summed E-state index contributed by atoms with van der Waals surface area (Å²) >= 11 is 0. The van der Waals surface area contributed by atoms with Gasteiger partial charge in [0.25, 0.3) is 5.91 Å². The van der Waals surface area contributed by atoms with E-state index >= 15 is 0 Å². The number of halogens is 3. The highest BCUT2D eigenvalue weighted by Crippen LogP contribution is 2.32. The summed E-state index contributed by atoms with van der Waals surface area (Å²) in [6.07, 6.45) is -4.75. The van der Waals surface area contributed by atoms with Gasteiger partial charge in [0.05, 0.1) is 17.1 Å². The molecule has 0 saturated carbocycles. The maximum Gasteiger partial charge on any atom is 0.435 e. The van der Waals surface area contributed by atoms with Gasteiger partial charge >= 0.3 is 6.18 Å². The predicted octanol–water partition coefficient (Wildman–Crippen LogP) is 1.24. The molecule has 10 heteroatoms. The van der Waals surface area contributed by atoms with Gasteiger partial charge in [-0.15, -0.1) is 0 Å². The van der Waals surface area contributed by atoms with Crippen molar-refractivity contribution in [3.63, 3.8) is 0 Å². The number of carbonyl (C=O) groups excluding carboxylic acids is 1. The fourth-order valence-corrected chi connectivity index (χ4v) is 4.16. The van der Waals surface area contributed by atoms with Crippen LogP contribution in [0.15, 0.2) is 0 Å². The number of nitrogens with one attached hydrogen (secondary N) is 1. The Balaban J connectivity index is 2.35. The molecule has 0 aliphatic carbocycles. The Morgan fingerprint density at radius 1 is 1.41 bits per heavy atom. The molecule has 2 rings (SSSR count). The quantitative estimate of drug-likeness (QED) is 0.834. The van der Waals surface area contributed by atoms with E-state index in [1.165, 1.54) is 6.92 Å². The summed E-state index contributed by atoms with van der Waals surface area (Å²) in [6, 6.07) is 0. The van der Waals surface area contributed by atoms with E-state index in [1.807, 2.05) is 0 Å². The molecule has 22 heavy (non-hydrogen) atoms. The van der Waals surface area contributed by atoms with Crippen LogP contribution in [-0.4, -0.2) is 54.0 Å². The van der Waals surface area contributed by atoms with Gasteiger partial charge in [-0.2, -0.15) is 18.3 Å². The maximum atomic E-state index is 12.9. The van der Waals surface area contributed by atoms with E-state index in [1.54, 1.807) is 6.92 Å². The third kappa shape index (κ3) is 3.42. The Labute approximate surface area is 125 Å². The number of sulfone groups is 1. The summed E-state index contributed by atoms with van der Waals surface area (Å²) in [5.74, 6) is -1.50. The van der Waals surface area contributed by atoms with Crippen molar-refractivity contribution < 1.29 is 26.4 Å². The molecule has 1 saturated heterocycles. The summed E-state index contributed by atoms with van der Waals surface area (Å²) in [5, 5.41) is 5.33. The lowest BCUT2D eigenvalue weighted by molar-refractivity contribution is -0.141. The molecule has 1 amide bonds. The number of aryl methyl sites for hydroxylation is 1. The van der Waals surface area contributed by atoms with E-state index in [0.29, 0.717) is 0 Å². The number of alkyl halides is 3. The Morgan fingerprint density at radius 3 is 2.64 bits per heavy atom. The van der Waals surface area contributed by atoms with Gasteiger partial charge < -0.3 is 4.90 Å². The van der Waals surface area contributed by atoms with Crippen LogP contribution in [0.3, 0.4) is 0 Å². The largest absolute Gasteiger partial charge is 0.435 e. The van der Waals surface area contributed by atoms with Gasteiger partial charge in [-0.25, -0.2) is 8.42 Å². The number of rotatable bonds is 1. The minimum absolute atomic E-state index is 0.0112. The molecule has 1 aromatic heterocycles. The second kappa shape index (κ2) is 5.56. The van der Waals surface area contributed by atoms with Crippen LogP contribution in [0.4, 0.5) is 13.2 Å². The highest BCUT2D eigenvalue weighted by atomic mass is 32.2. The third-order valence-electron chi connectivity index (χ3n) is 3.46. The summed E-state index contributed by atoms with van der Waals surface area (Å²) in [4.78, 5) is 13.6. The second-order valence-corrected chi connectivity index (χ2v) is 7.77. The standard InChI is InChI=1S/C12H16F3N3O3S/c1-7-5-18(3-4-22(20,21)6-7)11(19)9-8(2)16-17-10(9)12(13,14)15/h7H,3-6H2,1-2H3,(H,16,17). The third-order valence-corrected chi connectivity index (χ3v) is 5.34. The van der Waals surface area contributed by atoms with E-state index in [2.05, 4.69) is 10.2 Å². The molecule has 1 aliphatic rings. The number of aromatic nitrogens is 2. The molecule has 1 aromatic rings. The Hall–Kier alpha value is -1.58. The normalized spacial score (nSPS) is 22.4. The number of hydrogen-bond donors (Lipinski definition) is 1. The maximum absolute atomic E-state index is 12.9. The van der Waals surface area contributed by atoms with Crippen LogP contribution in [0.5, 0.6) is 0 Å². The number of hydrogen-bond acceptors (Lipinski definition) is 4. The Morgan fingerprint density at radius 2 is 2.05 bits per heavy atom. The van der Waals surface area contributed by atoms with Crippen molar-refractivity contribution in [1.29, 1.82) is 0 Å². The van der Waals surface area contributed by atoms with E-state index < -0.39 is 33.2 Å². The average molecular weight is 339 g/mol. The first-order chi connectivity index (χ1) is 10.0. The van der Waals surface area contributed by atoms with Crippen LogP contribution >= 0.6 is 0 Å². The molecule has 1 unspecified atom stereocenters. The molecular formula is C12H16F3N3O3S. The Bertz CT molecular complexity index is 682. The lowest BCUT2D eigenvalue weighted by atomic mass is 10.1. The lowest BCUT2D eigenvalue weighted by Gasteiger charge is -2.22. The number of aromatic amines is 1. The molecule has 0 bridgehead atoms. The molecule has 0 radical (unpaired) electrons. The minimum Gasteiger partial charge on any atom is -0.337 e. The predicted molar refractivity (Wildman–Crippen MR) is 72.0 cm³/mol. The molecule has 1 aliphatic heterocycles. The van der Waals surface area contributed by atoms with Gasteiger partial charge in [-0.1, -0.05) is 6.92 Å². The van der Waals surface area contributed by atoms with Crippen molar-refractivity contribution in [1.82, 2.24) is 15.1 Å². The van der Waals surface area contributed by atoms with Crippen molar-refractivity contribution in [2.75, 3.05) is 24.6 Å². The first-order valence-electron chi connectivity index (χ1n) is 6.63. The monoisotopic (exact) mass is 339 g/mol. The van der Waals surface area contributed by atoms with Crippen molar-refractivity contribution in [2.45, 2.75) is 20.0 Å². The topological polar surface area (TPSA) is 83.1 Å². The fourth-order valence-electron chi connectivity index (χ4n) is 2.52. The molecule has 0 spiro atoms. The average Bonchev–Trinajstić information content (AvgIpc) is 2.68. The second-order valence-electron chi connectivity index (χ2n) is 5.54. The van der Waals surface area contributed by atoms with Crippen molar-refractivity contribution in [3.8, 4) is 0 Å². The zero-order valence-corrected chi connectivity index (χ0v) is 12.9. The Kier molecular flexibility index (Phi) is 4.24. The highest BCUT2D eigenvalue weighted by molar-refractivity contribution is 7.91. The number of carbonyl (C=O) groups is 1. The molecule has 124 valence electrons. The first-order valence-corrected chi connectivity index (χ1v) is 8.45. The minimum atomic E-state index is -4.75. The summed E-state index contributed by atoms with van der Waals surface area (Å²) in [6.45, 7) is 2.96. The van der Waals surface area contributed by atoms with Crippen molar-refractivity contribution >= 4 is 15.7 Å². The SMILES string of the molecule is Cc1[nH]nc(C(F)(F)F)c1C(=O)N1CCS(=O)(=O)CC(C)C1. The smallest absolute Gasteiger partial charge is 0.337 e. The van der Waals surface area contributed by atoms with Crippen molar-refractivity contribution in [2.24, 2.45) is 5.92 Å². The van der Waals surface area contributed by atoms with Crippen molar-refractivity contribution in [3.05, 3.63) is 17.0 Å². The summed E-state index contributed by atoms with van der Waals surface area (Å²) in [5.41, 5.74) is -1.80. The van der Waals surface area contributed by atoms with Gasteiger partial charge in [0.2, 0.25) is 0 Å². The van der Waals surface area contributed by atoms with Gasteiger partial charge in [0.1, 0.15) is 0 Å². The molecule has 1 atom stereocenters. The molecule has 0 aromatic carbocycles. The zero-order valence-electron chi connectivity index (χ0n) is 12.1. The molecule has 6 nitrogen and oxygen atoms in total. The molecule has 1 N–H and O–H groups in total. The van der Waals surface area contributed by atoms with Crippen LogP contribution in [0.2, 0.25) is 0 Å². The first kappa shape index (κ1) is 16.8.